The molecule has 19 heavy (non-hydrogen) atoms. The van der Waals surface area contributed by atoms with Gasteiger partial charge in [0.2, 0.25) is 5.91 Å². The third-order valence-corrected chi connectivity index (χ3v) is 3.49. The first-order valence-corrected chi connectivity index (χ1v) is 6.19. The molecule has 1 atom stereocenters. The van der Waals surface area contributed by atoms with Crippen molar-refractivity contribution in [3.05, 3.63) is 29.3 Å². The van der Waals surface area contributed by atoms with E-state index in [1.165, 1.54) is 6.07 Å². The molecule has 0 spiro atoms. The van der Waals surface area contributed by atoms with Gasteiger partial charge in [0.1, 0.15) is 0 Å². The van der Waals surface area contributed by atoms with Gasteiger partial charge in [0.05, 0.1) is 11.0 Å². The number of hydrogen-bond donors (Lipinski definition) is 3. The molecule has 1 aromatic carbocycles. The number of carbonyl (C=O) groups is 2. The van der Waals surface area contributed by atoms with Gasteiger partial charge in [0, 0.05) is 12.2 Å². The number of hydrogen-bond acceptors (Lipinski definition) is 3. The minimum atomic E-state index is -0.976. The number of anilines is 1. The normalized spacial score (nSPS) is 13.7. The highest BCUT2D eigenvalue weighted by atomic mass is 16.4. The number of nitrogens with one attached hydrogen (secondary N) is 1. The highest BCUT2D eigenvalue weighted by Gasteiger charge is 2.29. The predicted molar refractivity (Wildman–Crippen MR) is 74.2 cm³/mol. The summed E-state index contributed by atoms with van der Waals surface area (Å²) in [6, 6.07) is 4.72. The summed E-state index contributed by atoms with van der Waals surface area (Å²) in [6.45, 7) is 5.68. The number of amides is 1. The summed E-state index contributed by atoms with van der Waals surface area (Å²) in [7, 11) is 0. The number of nitrogens with two attached hydrogens (primary N) is 1. The molecule has 0 saturated carbocycles. The third-order valence-electron chi connectivity index (χ3n) is 3.49. The molecule has 0 aliphatic rings. The Morgan fingerprint density at radius 1 is 1.42 bits per heavy atom. The Morgan fingerprint density at radius 2 is 2.05 bits per heavy atom. The molecular formula is C14H20N2O3. The lowest BCUT2D eigenvalue weighted by atomic mass is 9.86. The van der Waals surface area contributed by atoms with Gasteiger partial charge >= 0.3 is 5.97 Å². The van der Waals surface area contributed by atoms with E-state index in [4.69, 9.17) is 10.8 Å². The second-order valence-corrected chi connectivity index (χ2v) is 4.91. The van der Waals surface area contributed by atoms with Gasteiger partial charge < -0.3 is 16.2 Å². The van der Waals surface area contributed by atoms with Gasteiger partial charge in [0.15, 0.2) is 0 Å². The van der Waals surface area contributed by atoms with Crippen LogP contribution in [0, 0.1) is 12.3 Å². The Morgan fingerprint density at radius 3 is 2.47 bits per heavy atom. The van der Waals surface area contributed by atoms with Crippen molar-refractivity contribution in [3.63, 3.8) is 0 Å². The Bertz CT molecular complexity index is 493. The first-order chi connectivity index (χ1) is 8.84. The minimum absolute atomic E-state index is 0.153. The molecule has 5 nitrogen and oxygen atoms in total. The molecule has 1 rings (SSSR count). The van der Waals surface area contributed by atoms with Crippen LogP contribution >= 0.6 is 0 Å². The lowest BCUT2D eigenvalue weighted by Crippen LogP contribution is -2.39. The predicted octanol–water partition coefficient (Wildman–Crippen LogP) is 2.01. The first-order valence-electron chi connectivity index (χ1n) is 6.19. The fourth-order valence-corrected chi connectivity index (χ4v) is 1.66. The highest BCUT2D eigenvalue weighted by Crippen LogP contribution is 2.23. The maximum absolute atomic E-state index is 12.1. The summed E-state index contributed by atoms with van der Waals surface area (Å²) in [5, 5.41) is 11.7. The van der Waals surface area contributed by atoms with Crippen molar-refractivity contribution in [3.8, 4) is 0 Å². The molecule has 1 aromatic rings. The largest absolute Gasteiger partial charge is 0.478 e. The molecule has 4 N–H and O–H groups in total. The molecule has 104 valence electrons. The zero-order valence-electron chi connectivity index (χ0n) is 11.5. The number of carbonyl (C=O) groups excluding carboxylic acids is 1. The average molecular weight is 264 g/mol. The standard InChI is InChI=1S/C14H20N2O3/c1-4-14(3,8-15)13(19)16-10-5-6-11(12(17)18)9(2)7-10/h5-7H,4,8,15H2,1-3H3,(H,16,19)(H,17,18). The molecule has 0 aliphatic carbocycles. The molecule has 0 aliphatic heterocycles. The zero-order chi connectivity index (χ0) is 14.6. The Balaban J connectivity index is 2.92. The van der Waals surface area contributed by atoms with Crippen LogP contribution in [0.5, 0.6) is 0 Å². The van der Waals surface area contributed by atoms with E-state index in [9.17, 15) is 9.59 Å². The van der Waals surface area contributed by atoms with E-state index in [0.717, 1.165) is 0 Å². The van der Waals surface area contributed by atoms with Crippen molar-refractivity contribution in [1.82, 2.24) is 0 Å². The monoisotopic (exact) mass is 264 g/mol. The second-order valence-electron chi connectivity index (χ2n) is 4.91. The maximum Gasteiger partial charge on any atom is 0.335 e. The molecule has 0 bridgehead atoms. The lowest BCUT2D eigenvalue weighted by Gasteiger charge is -2.25. The van der Waals surface area contributed by atoms with E-state index < -0.39 is 11.4 Å². The van der Waals surface area contributed by atoms with Gasteiger partial charge in [-0.15, -0.1) is 0 Å². The smallest absolute Gasteiger partial charge is 0.335 e. The molecule has 1 amide bonds. The van der Waals surface area contributed by atoms with E-state index in [-0.39, 0.29) is 18.0 Å². The molecule has 0 radical (unpaired) electrons. The van der Waals surface area contributed by atoms with Crippen molar-refractivity contribution in [1.29, 1.82) is 0 Å². The van der Waals surface area contributed by atoms with Crippen LogP contribution in [0.2, 0.25) is 0 Å². The third kappa shape index (κ3) is 3.32. The quantitative estimate of drug-likeness (QED) is 0.758. The molecule has 0 aromatic heterocycles. The van der Waals surface area contributed by atoms with Crippen molar-refractivity contribution in [2.75, 3.05) is 11.9 Å². The number of aryl methyl sites for hydroxylation is 1. The Kier molecular flexibility index (Phi) is 4.67. The molecule has 5 heteroatoms. The number of carboxylic acid groups (broad SMARTS) is 1. The Labute approximate surface area is 112 Å². The Hall–Kier alpha value is -1.88. The second kappa shape index (κ2) is 5.84. The average Bonchev–Trinajstić information content (AvgIpc) is 2.37. The summed E-state index contributed by atoms with van der Waals surface area (Å²) in [5.74, 6) is -1.13. The van der Waals surface area contributed by atoms with Crippen LogP contribution in [0.3, 0.4) is 0 Å². The highest BCUT2D eigenvalue weighted by molar-refractivity contribution is 5.96. The minimum Gasteiger partial charge on any atom is -0.478 e. The number of carboxylic acids is 1. The van der Waals surface area contributed by atoms with E-state index >= 15 is 0 Å². The van der Waals surface area contributed by atoms with Gasteiger partial charge in [-0.1, -0.05) is 6.92 Å². The zero-order valence-corrected chi connectivity index (χ0v) is 11.5. The molecular weight excluding hydrogens is 244 g/mol. The molecule has 0 heterocycles. The SMILES string of the molecule is CCC(C)(CN)C(=O)Nc1ccc(C(=O)O)c(C)c1. The van der Waals surface area contributed by atoms with E-state index in [0.29, 0.717) is 17.7 Å². The van der Waals surface area contributed by atoms with Crippen LogP contribution in [0.1, 0.15) is 36.2 Å². The van der Waals surface area contributed by atoms with Crippen molar-refractivity contribution in [2.45, 2.75) is 27.2 Å². The van der Waals surface area contributed by atoms with Crippen LogP contribution in [0.4, 0.5) is 5.69 Å². The molecule has 0 saturated heterocycles. The summed E-state index contributed by atoms with van der Waals surface area (Å²) < 4.78 is 0. The number of benzene rings is 1. The van der Waals surface area contributed by atoms with E-state index in [2.05, 4.69) is 5.32 Å². The van der Waals surface area contributed by atoms with Crippen molar-refractivity contribution < 1.29 is 14.7 Å². The van der Waals surface area contributed by atoms with E-state index in [1.807, 2.05) is 6.92 Å². The van der Waals surface area contributed by atoms with Gasteiger partial charge in [0.25, 0.3) is 0 Å². The number of aromatic carboxylic acids is 1. The van der Waals surface area contributed by atoms with Crippen molar-refractivity contribution in [2.24, 2.45) is 11.1 Å². The van der Waals surface area contributed by atoms with Crippen LogP contribution in [0.25, 0.3) is 0 Å². The van der Waals surface area contributed by atoms with Crippen LogP contribution in [-0.2, 0) is 4.79 Å². The van der Waals surface area contributed by atoms with Gasteiger partial charge in [-0.3, -0.25) is 4.79 Å². The molecule has 0 fully saturated rings. The van der Waals surface area contributed by atoms with Gasteiger partial charge in [-0.2, -0.15) is 0 Å². The van der Waals surface area contributed by atoms with Gasteiger partial charge in [-0.25, -0.2) is 4.79 Å². The summed E-state index contributed by atoms with van der Waals surface area (Å²) >= 11 is 0. The van der Waals surface area contributed by atoms with Gasteiger partial charge in [-0.05, 0) is 44.0 Å². The van der Waals surface area contributed by atoms with E-state index in [1.54, 1.807) is 26.0 Å². The van der Waals surface area contributed by atoms with Crippen LogP contribution < -0.4 is 11.1 Å². The fourth-order valence-electron chi connectivity index (χ4n) is 1.66. The maximum atomic E-state index is 12.1. The summed E-state index contributed by atoms with van der Waals surface area (Å²) in [4.78, 5) is 23.0. The van der Waals surface area contributed by atoms with Crippen LogP contribution in [-0.4, -0.2) is 23.5 Å². The number of rotatable bonds is 5. The summed E-state index contributed by atoms with van der Waals surface area (Å²) in [5.41, 5.74) is 6.44. The molecule has 1 unspecified atom stereocenters. The fraction of sp³-hybridized carbons (Fsp3) is 0.429. The first kappa shape index (κ1) is 15.2. The van der Waals surface area contributed by atoms with Crippen molar-refractivity contribution >= 4 is 17.6 Å². The van der Waals surface area contributed by atoms with Crippen LogP contribution in [0.15, 0.2) is 18.2 Å². The lowest BCUT2D eigenvalue weighted by molar-refractivity contribution is -0.124. The topological polar surface area (TPSA) is 92.4 Å². The summed E-state index contributed by atoms with van der Waals surface area (Å²) in [6.07, 6.45) is 0.640.